The molecule has 0 aliphatic carbocycles. The van der Waals surface area contributed by atoms with Crippen molar-refractivity contribution in [3.05, 3.63) is 29.8 Å². The molecule has 0 bridgehead atoms. The smallest absolute Gasteiger partial charge is 0.341 e. The minimum absolute atomic E-state index is 0.0202. The molecule has 0 radical (unpaired) electrons. The fourth-order valence-corrected chi connectivity index (χ4v) is 2.42. The van der Waals surface area contributed by atoms with Crippen LogP contribution < -0.4 is 0 Å². The van der Waals surface area contributed by atoms with Crippen LogP contribution >= 0.6 is 0 Å². The molecule has 1 aromatic carbocycles. The van der Waals surface area contributed by atoms with E-state index >= 15 is 0 Å². The summed E-state index contributed by atoms with van der Waals surface area (Å²) >= 11 is 0. The SMILES string of the molecule is O=C(Cn1nnc(-c2ccc(C(F)(F)F)cc2)n1)N1CCCC1. The molecule has 23 heavy (non-hydrogen) atoms. The van der Waals surface area contributed by atoms with Crippen molar-refractivity contribution in [2.75, 3.05) is 13.1 Å². The summed E-state index contributed by atoms with van der Waals surface area (Å²) in [6, 6.07) is 4.50. The number of hydrogen-bond donors (Lipinski definition) is 0. The summed E-state index contributed by atoms with van der Waals surface area (Å²) in [5.74, 6) is 0.104. The van der Waals surface area contributed by atoms with E-state index in [0.717, 1.165) is 42.9 Å². The molecule has 0 atom stereocenters. The summed E-state index contributed by atoms with van der Waals surface area (Å²) in [7, 11) is 0. The second kappa shape index (κ2) is 5.98. The van der Waals surface area contributed by atoms with E-state index in [-0.39, 0.29) is 18.3 Å². The third kappa shape index (κ3) is 3.49. The number of carbonyl (C=O) groups excluding carboxylic acids is 1. The Morgan fingerprint density at radius 1 is 1.13 bits per heavy atom. The monoisotopic (exact) mass is 325 g/mol. The molecular weight excluding hydrogens is 311 g/mol. The van der Waals surface area contributed by atoms with Crippen molar-refractivity contribution in [3.63, 3.8) is 0 Å². The Bertz CT molecular complexity index is 689. The normalized spacial score (nSPS) is 15.2. The zero-order valence-electron chi connectivity index (χ0n) is 12.1. The van der Waals surface area contributed by atoms with Gasteiger partial charge in [0, 0.05) is 18.7 Å². The highest BCUT2D eigenvalue weighted by Crippen LogP contribution is 2.30. The molecule has 1 aliphatic heterocycles. The molecule has 9 heteroatoms. The van der Waals surface area contributed by atoms with Crippen molar-refractivity contribution < 1.29 is 18.0 Å². The average Bonchev–Trinajstić information content (AvgIpc) is 3.18. The molecule has 122 valence electrons. The van der Waals surface area contributed by atoms with Crippen LogP contribution in [0, 0.1) is 0 Å². The van der Waals surface area contributed by atoms with Crippen LogP contribution in [-0.2, 0) is 17.5 Å². The minimum Gasteiger partial charge on any atom is -0.341 e. The highest BCUT2D eigenvalue weighted by molar-refractivity contribution is 5.76. The van der Waals surface area contributed by atoms with Gasteiger partial charge in [-0.3, -0.25) is 4.79 Å². The fraction of sp³-hybridized carbons (Fsp3) is 0.429. The van der Waals surface area contributed by atoms with Crippen LogP contribution in [0.3, 0.4) is 0 Å². The van der Waals surface area contributed by atoms with E-state index in [9.17, 15) is 18.0 Å². The number of nitrogens with zero attached hydrogens (tertiary/aromatic N) is 5. The number of halogens is 3. The molecule has 1 aliphatic rings. The lowest BCUT2D eigenvalue weighted by atomic mass is 10.1. The number of carbonyl (C=O) groups is 1. The number of tetrazole rings is 1. The van der Waals surface area contributed by atoms with Gasteiger partial charge in [-0.05, 0) is 30.2 Å². The van der Waals surface area contributed by atoms with Gasteiger partial charge in [-0.15, -0.1) is 10.2 Å². The summed E-state index contributed by atoms with van der Waals surface area (Å²) in [5, 5.41) is 11.6. The summed E-state index contributed by atoms with van der Waals surface area (Å²) in [6.07, 6.45) is -2.40. The van der Waals surface area contributed by atoms with Crippen molar-refractivity contribution in [2.45, 2.75) is 25.6 Å². The molecule has 2 heterocycles. The second-order valence-corrected chi connectivity index (χ2v) is 5.31. The Balaban J connectivity index is 1.70. The van der Waals surface area contributed by atoms with Crippen LogP contribution in [0.15, 0.2) is 24.3 Å². The van der Waals surface area contributed by atoms with E-state index in [1.807, 2.05) is 0 Å². The molecule has 2 aromatic rings. The van der Waals surface area contributed by atoms with Crippen molar-refractivity contribution >= 4 is 5.91 Å². The molecule has 1 aromatic heterocycles. The Hall–Kier alpha value is -2.45. The topological polar surface area (TPSA) is 63.9 Å². The summed E-state index contributed by atoms with van der Waals surface area (Å²) in [6.45, 7) is 1.45. The van der Waals surface area contributed by atoms with E-state index in [4.69, 9.17) is 0 Å². The molecule has 0 unspecified atom stereocenters. The largest absolute Gasteiger partial charge is 0.416 e. The molecule has 3 rings (SSSR count). The molecule has 0 N–H and O–H groups in total. The third-order valence-corrected chi connectivity index (χ3v) is 3.66. The van der Waals surface area contributed by atoms with E-state index in [1.165, 1.54) is 12.1 Å². The van der Waals surface area contributed by atoms with E-state index in [2.05, 4.69) is 15.4 Å². The first-order chi connectivity index (χ1) is 10.9. The Morgan fingerprint density at radius 2 is 1.78 bits per heavy atom. The number of benzene rings is 1. The zero-order valence-corrected chi connectivity index (χ0v) is 12.1. The van der Waals surface area contributed by atoms with Gasteiger partial charge in [0.15, 0.2) is 0 Å². The summed E-state index contributed by atoms with van der Waals surface area (Å²) < 4.78 is 37.6. The number of alkyl halides is 3. The third-order valence-electron chi connectivity index (χ3n) is 3.66. The maximum atomic E-state index is 12.5. The minimum atomic E-state index is -4.38. The second-order valence-electron chi connectivity index (χ2n) is 5.31. The summed E-state index contributed by atoms with van der Waals surface area (Å²) in [4.78, 5) is 14.9. The van der Waals surface area contributed by atoms with Crippen molar-refractivity contribution in [1.29, 1.82) is 0 Å². The summed E-state index contributed by atoms with van der Waals surface area (Å²) in [5.41, 5.74) is -0.323. The van der Waals surface area contributed by atoms with Gasteiger partial charge in [0.25, 0.3) is 0 Å². The van der Waals surface area contributed by atoms with Crippen LogP contribution in [0.5, 0.6) is 0 Å². The van der Waals surface area contributed by atoms with Gasteiger partial charge in [0.1, 0.15) is 6.54 Å². The van der Waals surface area contributed by atoms with Gasteiger partial charge in [-0.25, -0.2) is 0 Å². The van der Waals surface area contributed by atoms with E-state index in [0.29, 0.717) is 5.56 Å². The quantitative estimate of drug-likeness (QED) is 0.866. The van der Waals surface area contributed by atoms with Crippen LogP contribution in [0.2, 0.25) is 0 Å². The molecule has 0 spiro atoms. The van der Waals surface area contributed by atoms with Crippen LogP contribution in [0.1, 0.15) is 18.4 Å². The molecule has 1 fully saturated rings. The van der Waals surface area contributed by atoms with Crippen LogP contribution in [-0.4, -0.2) is 44.1 Å². The lowest BCUT2D eigenvalue weighted by molar-refractivity contribution is -0.137. The number of hydrogen-bond acceptors (Lipinski definition) is 4. The fourth-order valence-electron chi connectivity index (χ4n) is 2.42. The predicted octanol–water partition coefficient (Wildman–Crippen LogP) is 1.98. The molecule has 1 amide bonds. The predicted molar refractivity (Wildman–Crippen MR) is 74.1 cm³/mol. The van der Waals surface area contributed by atoms with Gasteiger partial charge < -0.3 is 4.90 Å². The lowest BCUT2D eigenvalue weighted by Gasteiger charge is -2.13. The van der Waals surface area contributed by atoms with Gasteiger partial charge >= 0.3 is 6.18 Å². The van der Waals surface area contributed by atoms with Gasteiger partial charge in [-0.1, -0.05) is 12.1 Å². The molecular formula is C14H14F3N5O. The number of rotatable bonds is 3. The Kier molecular flexibility index (Phi) is 4.01. The first-order valence-electron chi connectivity index (χ1n) is 7.17. The average molecular weight is 325 g/mol. The zero-order chi connectivity index (χ0) is 16.4. The number of aromatic nitrogens is 4. The van der Waals surface area contributed by atoms with Crippen molar-refractivity contribution in [2.24, 2.45) is 0 Å². The molecule has 6 nitrogen and oxygen atoms in total. The maximum Gasteiger partial charge on any atom is 0.416 e. The van der Waals surface area contributed by atoms with Crippen LogP contribution in [0.25, 0.3) is 11.4 Å². The van der Waals surface area contributed by atoms with Crippen molar-refractivity contribution in [3.8, 4) is 11.4 Å². The first kappa shape index (κ1) is 15.4. The highest BCUT2D eigenvalue weighted by Gasteiger charge is 2.30. The maximum absolute atomic E-state index is 12.5. The van der Waals surface area contributed by atoms with Crippen molar-refractivity contribution in [1.82, 2.24) is 25.1 Å². The Labute approximate surface area is 129 Å². The van der Waals surface area contributed by atoms with Gasteiger partial charge in [-0.2, -0.15) is 18.0 Å². The molecule has 1 saturated heterocycles. The number of amides is 1. The lowest BCUT2D eigenvalue weighted by Crippen LogP contribution is -2.31. The van der Waals surface area contributed by atoms with Crippen LogP contribution in [0.4, 0.5) is 13.2 Å². The van der Waals surface area contributed by atoms with Gasteiger partial charge in [0.2, 0.25) is 11.7 Å². The molecule has 0 saturated carbocycles. The Morgan fingerprint density at radius 3 is 2.39 bits per heavy atom. The van der Waals surface area contributed by atoms with E-state index < -0.39 is 11.7 Å². The first-order valence-corrected chi connectivity index (χ1v) is 7.17. The highest BCUT2D eigenvalue weighted by atomic mass is 19.4. The van der Waals surface area contributed by atoms with E-state index in [1.54, 1.807) is 4.90 Å². The standard InChI is InChI=1S/C14H14F3N5O/c15-14(16,17)11-5-3-10(4-6-11)13-18-20-22(19-13)9-12(23)21-7-1-2-8-21/h3-6H,1-2,7-9H2. The number of likely N-dealkylation sites (tertiary alicyclic amines) is 1. The van der Waals surface area contributed by atoms with Gasteiger partial charge in [0.05, 0.1) is 5.56 Å².